The van der Waals surface area contributed by atoms with Gasteiger partial charge in [0.15, 0.2) is 0 Å². The summed E-state index contributed by atoms with van der Waals surface area (Å²) in [4.78, 5) is 23.6. The quantitative estimate of drug-likeness (QED) is 0.704. The molecule has 0 rings (SSSR count). The summed E-state index contributed by atoms with van der Waals surface area (Å²) >= 11 is 0. The van der Waals surface area contributed by atoms with Crippen molar-refractivity contribution < 1.29 is 18.4 Å². The molecule has 0 saturated heterocycles. The van der Waals surface area contributed by atoms with Crippen LogP contribution in [0.15, 0.2) is 0 Å². The van der Waals surface area contributed by atoms with Crippen molar-refractivity contribution >= 4 is 28.6 Å². The lowest BCUT2D eigenvalue weighted by Crippen LogP contribution is -2.34. The van der Waals surface area contributed by atoms with E-state index in [4.69, 9.17) is 8.85 Å². The molecule has 0 aliphatic heterocycles. The molecule has 6 heteroatoms. The Labute approximate surface area is 119 Å². The summed E-state index contributed by atoms with van der Waals surface area (Å²) in [6.07, 6.45) is 0.496. The third-order valence-corrected chi connectivity index (χ3v) is 3.77. The SMILES string of the molecule is CC(C)(CC(=O)O[Si](C)(C)C)CC(=O)O[Si](C)(C)C. The van der Waals surface area contributed by atoms with E-state index >= 15 is 0 Å². The average Bonchev–Trinajstić information content (AvgIpc) is 1.89. The molecular weight excluding hydrogens is 276 g/mol. The third kappa shape index (κ3) is 10.9. The molecule has 0 atom stereocenters. The summed E-state index contributed by atoms with van der Waals surface area (Å²) in [5, 5.41) is 0. The standard InChI is InChI=1S/C13H28O4Si2/c1-13(2,9-11(14)16-18(3,4)5)10-12(15)17-19(6,7)8/h9-10H2,1-8H3. The van der Waals surface area contributed by atoms with E-state index in [-0.39, 0.29) is 24.8 Å². The van der Waals surface area contributed by atoms with Gasteiger partial charge in [0.1, 0.15) is 0 Å². The zero-order valence-electron chi connectivity index (χ0n) is 13.5. The van der Waals surface area contributed by atoms with Gasteiger partial charge in [-0.1, -0.05) is 13.8 Å². The molecule has 0 bridgehead atoms. The minimum absolute atomic E-state index is 0.218. The Kier molecular flexibility index (Phi) is 6.01. The van der Waals surface area contributed by atoms with E-state index in [1.54, 1.807) is 0 Å². The molecule has 0 aliphatic carbocycles. The molecule has 0 heterocycles. The Morgan fingerprint density at radius 1 is 0.789 bits per heavy atom. The number of hydrogen-bond donors (Lipinski definition) is 0. The fourth-order valence-electron chi connectivity index (χ4n) is 1.60. The van der Waals surface area contributed by atoms with E-state index in [0.717, 1.165) is 0 Å². The van der Waals surface area contributed by atoms with Crippen LogP contribution in [0.4, 0.5) is 0 Å². The van der Waals surface area contributed by atoms with Crippen molar-refractivity contribution in [2.24, 2.45) is 5.41 Å². The number of rotatable bonds is 6. The summed E-state index contributed by atoms with van der Waals surface area (Å²) in [6.45, 7) is 15.6. The summed E-state index contributed by atoms with van der Waals surface area (Å²) < 4.78 is 10.8. The van der Waals surface area contributed by atoms with E-state index in [0.29, 0.717) is 0 Å². The molecule has 0 amide bonds. The molecule has 4 nitrogen and oxygen atoms in total. The third-order valence-electron chi connectivity index (χ3n) is 2.09. The monoisotopic (exact) mass is 304 g/mol. The summed E-state index contributed by atoms with van der Waals surface area (Å²) in [5.41, 5.74) is -0.423. The highest BCUT2D eigenvalue weighted by Crippen LogP contribution is 2.27. The number of carbonyl (C=O) groups excluding carboxylic acids is 2. The molecule has 112 valence electrons. The van der Waals surface area contributed by atoms with Crippen molar-refractivity contribution in [2.75, 3.05) is 0 Å². The van der Waals surface area contributed by atoms with E-state index in [1.165, 1.54) is 0 Å². The highest BCUT2D eigenvalue weighted by atomic mass is 28.4. The second-order valence-electron chi connectivity index (χ2n) is 7.69. The van der Waals surface area contributed by atoms with Gasteiger partial charge in [0, 0.05) is 12.8 Å². The van der Waals surface area contributed by atoms with Crippen LogP contribution in [0.1, 0.15) is 26.7 Å². The van der Waals surface area contributed by atoms with Crippen molar-refractivity contribution in [1.29, 1.82) is 0 Å². The molecule has 0 N–H and O–H groups in total. The van der Waals surface area contributed by atoms with E-state index in [2.05, 4.69) is 0 Å². The Morgan fingerprint density at radius 2 is 1.05 bits per heavy atom. The van der Waals surface area contributed by atoms with Crippen molar-refractivity contribution in [3.63, 3.8) is 0 Å². The first-order valence-electron chi connectivity index (χ1n) is 6.64. The Balaban J connectivity index is 4.40. The maximum Gasteiger partial charge on any atom is 0.293 e. The van der Waals surface area contributed by atoms with Crippen LogP contribution in [0.5, 0.6) is 0 Å². The van der Waals surface area contributed by atoms with Crippen LogP contribution in [0, 0.1) is 5.41 Å². The van der Waals surface area contributed by atoms with Gasteiger partial charge in [-0.3, -0.25) is 9.59 Å². The van der Waals surface area contributed by atoms with Crippen LogP contribution in [0.2, 0.25) is 39.3 Å². The van der Waals surface area contributed by atoms with Crippen LogP contribution in [0.3, 0.4) is 0 Å². The van der Waals surface area contributed by atoms with Crippen molar-refractivity contribution in [1.82, 2.24) is 0 Å². The fraction of sp³-hybridized carbons (Fsp3) is 0.846. The van der Waals surface area contributed by atoms with Crippen molar-refractivity contribution in [2.45, 2.75) is 66.0 Å². The van der Waals surface area contributed by atoms with Crippen LogP contribution < -0.4 is 0 Å². The van der Waals surface area contributed by atoms with Gasteiger partial charge in [-0.2, -0.15) is 0 Å². The molecule has 0 aromatic rings. The Bertz CT molecular complexity index is 306. The maximum absolute atomic E-state index is 11.8. The van der Waals surface area contributed by atoms with E-state index < -0.39 is 22.0 Å². The molecule has 0 fully saturated rings. The second kappa shape index (κ2) is 6.22. The van der Waals surface area contributed by atoms with E-state index in [9.17, 15) is 9.59 Å². The van der Waals surface area contributed by atoms with E-state index in [1.807, 2.05) is 53.1 Å². The predicted octanol–water partition coefficient (Wildman–Crippen LogP) is 3.55. The Morgan fingerprint density at radius 3 is 1.26 bits per heavy atom. The van der Waals surface area contributed by atoms with Gasteiger partial charge in [0.25, 0.3) is 11.9 Å². The van der Waals surface area contributed by atoms with Gasteiger partial charge in [-0.15, -0.1) is 0 Å². The van der Waals surface area contributed by atoms with Crippen LogP contribution >= 0.6 is 0 Å². The van der Waals surface area contributed by atoms with Gasteiger partial charge < -0.3 is 8.85 Å². The van der Waals surface area contributed by atoms with Crippen LogP contribution in [0.25, 0.3) is 0 Å². The zero-order valence-corrected chi connectivity index (χ0v) is 15.5. The second-order valence-corrected chi connectivity index (χ2v) is 16.5. The lowest BCUT2D eigenvalue weighted by molar-refractivity contribution is -0.140. The molecule has 19 heavy (non-hydrogen) atoms. The topological polar surface area (TPSA) is 52.6 Å². The first-order chi connectivity index (χ1) is 8.20. The average molecular weight is 305 g/mol. The summed E-state index contributed by atoms with van der Waals surface area (Å²) in [5.74, 6) is -0.435. The summed E-state index contributed by atoms with van der Waals surface area (Å²) in [7, 11) is -3.71. The lowest BCUT2D eigenvalue weighted by atomic mass is 9.86. The molecule has 0 radical (unpaired) electrons. The number of hydrogen-bond acceptors (Lipinski definition) is 4. The maximum atomic E-state index is 11.8. The largest absolute Gasteiger partial charge is 0.520 e. The minimum Gasteiger partial charge on any atom is -0.520 e. The summed E-state index contributed by atoms with van der Waals surface area (Å²) in [6, 6.07) is 0. The normalized spacial score (nSPS) is 13.1. The Hall–Kier alpha value is -0.626. The first-order valence-corrected chi connectivity index (χ1v) is 13.5. The van der Waals surface area contributed by atoms with Crippen LogP contribution in [-0.2, 0) is 18.4 Å². The molecule has 0 aromatic carbocycles. The highest BCUT2D eigenvalue weighted by molar-refractivity contribution is 6.71. The molecule has 0 aromatic heterocycles. The predicted molar refractivity (Wildman–Crippen MR) is 81.9 cm³/mol. The molecule has 0 spiro atoms. The number of carbonyl (C=O) groups is 2. The highest BCUT2D eigenvalue weighted by Gasteiger charge is 2.31. The minimum atomic E-state index is -1.86. The van der Waals surface area contributed by atoms with Crippen molar-refractivity contribution in [3.8, 4) is 0 Å². The van der Waals surface area contributed by atoms with Crippen molar-refractivity contribution in [3.05, 3.63) is 0 Å². The molecule has 0 aliphatic rings. The zero-order chi connectivity index (χ0) is 15.5. The lowest BCUT2D eigenvalue weighted by Gasteiger charge is -2.27. The van der Waals surface area contributed by atoms with Gasteiger partial charge >= 0.3 is 0 Å². The molecule has 0 saturated carbocycles. The molecule has 0 unspecified atom stereocenters. The van der Waals surface area contributed by atoms with Gasteiger partial charge in [-0.25, -0.2) is 0 Å². The fourth-order valence-corrected chi connectivity index (χ4v) is 3.11. The first kappa shape index (κ1) is 18.4. The van der Waals surface area contributed by atoms with Gasteiger partial charge in [0.2, 0.25) is 16.6 Å². The molecular formula is C13H28O4Si2. The van der Waals surface area contributed by atoms with Gasteiger partial charge in [0.05, 0.1) is 0 Å². The van der Waals surface area contributed by atoms with Crippen LogP contribution in [-0.4, -0.2) is 28.6 Å². The van der Waals surface area contributed by atoms with Gasteiger partial charge in [-0.05, 0) is 44.7 Å². The smallest absolute Gasteiger partial charge is 0.293 e.